The van der Waals surface area contributed by atoms with Crippen molar-refractivity contribution < 1.29 is 22.7 Å². The number of aryl methyl sites for hydroxylation is 1. The number of nitrogens with one attached hydrogen (secondary N) is 1. The van der Waals surface area contributed by atoms with Gasteiger partial charge in [-0.1, -0.05) is 31.5 Å². The van der Waals surface area contributed by atoms with Crippen molar-refractivity contribution in [1.29, 1.82) is 0 Å². The molecule has 0 unspecified atom stereocenters. The first-order valence-electron chi connectivity index (χ1n) is 13.3. The van der Waals surface area contributed by atoms with Crippen LogP contribution in [0.25, 0.3) is 16.9 Å². The van der Waals surface area contributed by atoms with Gasteiger partial charge < -0.3 is 25.3 Å². The van der Waals surface area contributed by atoms with E-state index in [0.29, 0.717) is 37.1 Å². The summed E-state index contributed by atoms with van der Waals surface area (Å²) in [6, 6.07) is 5.79. The lowest BCUT2D eigenvalue weighted by Crippen LogP contribution is -2.61. The molecule has 11 nitrogen and oxygen atoms in total. The van der Waals surface area contributed by atoms with Gasteiger partial charge in [0.25, 0.3) is 0 Å². The summed E-state index contributed by atoms with van der Waals surface area (Å²) in [5, 5.41) is 7.28. The molecule has 0 radical (unpaired) electrons. The highest BCUT2D eigenvalue weighted by molar-refractivity contribution is 6.36. The maximum absolute atomic E-state index is 13.9. The quantitative estimate of drug-likeness (QED) is 0.220. The van der Waals surface area contributed by atoms with Gasteiger partial charge in [-0.25, -0.2) is 4.98 Å². The number of fused-ring (bicyclic) bond motifs is 1. The molecular formula is C27H29ClF3N9O2. The molecule has 222 valence electrons. The summed E-state index contributed by atoms with van der Waals surface area (Å²) in [5.41, 5.74) is 5.88. The normalized spacial score (nSPS) is 16.5. The molecule has 1 aliphatic heterocycles. The van der Waals surface area contributed by atoms with Crippen LogP contribution in [-0.4, -0.2) is 53.7 Å². The Kier molecular flexibility index (Phi) is 7.75. The van der Waals surface area contributed by atoms with Crippen LogP contribution < -0.4 is 15.8 Å². The fourth-order valence-electron chi connectivity index (χ4n) is 5.42. The molecule has 1 spiro atoms. The molecule has 2 fully saturated rings. The van der Waals surface area contributed by atoms with Gasteiger partial charge in [-0.2, -0.15) is 23.3 Å². The number of pyridine rings is 2. The fourth-order valence-corrected chi connectivity index (χ4v) is 5.71. The van der Waals surface area contributed by atoms with Crippen LogP contribution in [0.5, 0.6) is 5.75 Å². The van der Waals surface area contributed by atoms with Gasteiger partial charge >= 0.3 is 6.18 Å². The highest BCUT2D eigenvalue weighted by atomic mass is 35.5. The molecule has 6 rings (SSSR count). The Morgan fingerprint density at radius 2 is 1.98 bits per heavy atom. The van der Waals surface area contributed by atoms with E-state index in [1.807, 2.05) is 13.8 Å². The molecule has 4 aromatic heterocycles. The molecule has 1 amide bonds. The minimum absolute atomic E-state index is 0.0223. The summed E-state index contributed by atoms with van der Waals surface area (Å²) in [6.45, 7) is 5.12. The molecule has 42 heavy (non-hydrogen) atoms. The number of aromatic nitrogens is 6. The van der Waals surface area contributed by atoms with E-state index in [0.717, 1.165) is 17.2 Å². The number of nitrogens with zero attached hydrogens (tertiary/aromatic N) is 7. The summed E-state index contributed by atoms with van der Waals surface area (Å²) >= 11 is 6.64. The smallest absolute Gasteiger partial charge is 0.433 e. The third-order valence-electron chi connectivity index (χ3n) is 7.27. The predicted octanol–water partition coefficient (Wildman–Crippen LogP) is 5.13. The number of carbonyl (C=O) groups excluding carboxylic acids is 1. The number of amides is 1. The van der Waals surface area contributed by atoms with Crippen LogP contribution in [0.15, 0.2) is 42.9 Å². The maximum Gasteiger partial charge on any atom is 0.433 e. The minimum Gasteiger partial charge on any atom is -0.450 e. The first-order valence-corrected chi connectivity index (χ1v) is 13.6. The lowest BCUT2D eigenvalue weighted by atomic mass is 9.61. The topological polar surface area (TPSA) is 129 Å². The Hall–Kier alpha value is -4.33. The van der Waals surface area contributed by atoms with Gasteiger partial charge in [-0.15, -0.1) is 0 Å². The van der Waals surface area contributed by atoms with Crippen molar-refractivity contribution in [2.75, 3.05) is 18.4 Å². The van der Waals surface area contributed by atoms with E-state index in [9.17, 15) is 18.0 Å². The van der Waals surface area contributed by atoms with Gasteiger partial charge in [0.15, 0.2) is 23.0 Å². The Bertz CT molecular complexity index is 1620. The van der Waals surface area contributed by atoms with E-state index in [1.165, 1.54) is 12.4 Å². The number of alkyl halides is 3. The molecule has 1 saturated carbocycles. The van der Waals surface area contributed by atoms with Gasteiger partial charge in [0, 0.05) is 44.0 Å². The van der Waals surface area contributed by atoms with E-state index < -0.39 is 17.9 Å². The average Bonchev–Trinajstić information content (AvgIpc) is 3.50. The molecule has 1 aliphatic carbocycles. The lowest BCUT2D eigenvalue weighted by molar-refractivity contribution is -0.153. The number of rotatable bonds is 7. The van der Waals surface area contributed by atoms with Gasteiger partial charge in [0.1, 0.15) is 21.9 Å². The van der Waals surface area contributed by atoms with Crippen molar-refractivity contribution in [3.8, 4) is 5.75 Å². The summed E-state index contributed by atoms with van der Waals surface area (Å²) in [4.78, 5) is 25.4. The number of ether oxygens (including phenoxy) is 1. The minimum atomic E-state index is -4.60. The Morgan fingerprint density at radius 1 is 1.24 bits per heavy atom. The number of hydrogen-bond donors (Lipinski definition) is 2. The summed E-state index contributed by atoms with van der Waals surface area (Å²) in [7, 11) is 1.64. The van der Waals surface area contributed by atoms with Crippen molar-refractivity contribution in [1.82, 2.24) is 34.2 Å². The number of nitrogens with two attached hydrogens (primary N) is 1. The van der Waals surface area contributed by atoms with Crippen LogP contribution in [0.1, 0.15) is 44.1 Å². The van der Waals surface area contributed by atoms with Crippen LogP contribution >= 0.6 is 11.6 Å². The third-order valence-corrected chi connectivity index (χ3v) is 7.63. The lowest BCUT2D eigenvalue weighted by Gasteiger charge is -2.58. The van der Waals surface area contributed by atoms with Crippen molar-refractivity contribution >= 4 is 46.7 Å². The molecule has 0 aromatic carbocycles. The predicted molar refractivity (Wildman–Crippen MR) is 151 cm³/mol. The van der Waals surface area contributed by atoms with Crippen molar-refractivity contribution in [3.05, 3.63) is 59.3 Å². The first-order chi connectivity index (χ1) is 20.1. The average molecular weight is 604 g/mol. The molecule has 0 bridgehead atoms. The zero-order chi connectivity index (χ0) is 30.2. The maximum atomic E-state index is 13.9. The van der Waals surface area contributed by atoms with Crippen LogP contribution in [0.4, 0.5) is 24.9 Å². The monoisotopic (exact) mass is 603 g/mol. The zero-order valence-corrected chi connectivity index (χ0v) is 23.8. The molecular weight excluding hydrogens is 575 g/mol. The molecule has 15 heteroatoms. The van der Waals surface area contributed by atoms with E-state index in [4.69, 9.17) is 22.1 Å². The van der Waals surface area contributed by atoms with E-state index in [2.05, 4.69) is 25.4 Å². The highest BCUT2D eigenvalue weighted by Crippen LogP contribution is 2.54. The van der Waals surface area contributed by atoms with Crippen molar-refractivity contribution in [2.45, 2.75) is 38.9 Å². The van der Waals surface area contributed by atoms with Crippen LogP contribution in [0.3, 0.4) is 0 Å². The van der Waals surface area contributed by atoms with Gasteiger partial charge in [0.05, 0.1) is 12.2 Å². The summed E-state index contributed by atoms with van der Waals surface area (Å²) < 4.78 is 50.2. The Morgan fingerprint density at radius 3 is 2.60 bits per heavy atom. The SMILES string of the molecule is CC.Cn1c(Nc2cc(C(F)(F)F)n(C3CC4(C3)CN(C=O)C4)n2)nc2ncc(O/C(=C/N)c3ccccn3)c(Cl)c21. The van der Waals surface area contributed by atoms with Gasteiger partial charge in [-0.05, 0) is 25.0 Å². The third kappa shape index (κ3) is 5.22. The highest BCUT2D eigenvalue weighted by Gasteiger charge is 2.54. The van der Waals surface area contributed by atoms with E-state index >= 15 is 0 Å². The number of imidazole rings is 1. The standard InChI is InChI=1S/C25H23ClF3N9O2.C2H6/c1-36-21-20(26)17(40-16(9-30)15-4-2-3-5-31-15)10-32-22(21)34-23(36)33-19-6-18(25(27,28)29)38(35-19)14-7-24(8-14)11-37(12-24)13-39;1-2/h2-6,9-10,13-14H,7-8,11-12,30H2,1H3,(H,32,33,34,35);1-2H3/b16-9+;. The number of hydrogen-bond acceptors (Lipinski definition) is 8. The number of likely N-dealkylation sites (tertiary alicyclic amines) is 1. The molecule has 1 saturated heterocycles. The van der Waals surface area contributed by atoms with Crippen molar-refractivity contribution in [3.63, 3.8) is 0 Å². The first kappa shape index (κ1) is 29.2. The van der Waals surface area contributed by atoms with Crippen LogP contribution in [0, 0.1) is 5.41 Å². The summed E-state index contributed by atoms with van der Waals surface area (Å²) in [6.07, 6.45) is 1.42. The van der Waals surface area contributed by atoms with Crippen molar-refractivity contribution in [2.24, 2.45) is 18.2 Å². The molecule has 5 heterocycles. The fraction of sp³-hybridized carbons (Fsp3) is 0.370. The second-order valence-electron chi connectivity index (χ2n) is 10.0. The molecule has 2 aliphatic rings. The Labute approximate surface area is 244 Å². The molecule has 3 N–H and O–H groups in total. The zero-order valence-electron chi connectivity index (χ0n) is 23.1. The van der Waals surface area contributed by atoms with E-state index in [1.54, 1.807) is 40.9 Å². The summed E-state index contributed by atoms with van der Waals surface area (Å²) in [5.74, 6) is 0.613. The van der Waals surface area contributed by atoms with Crippen LogP contribution in [-0.2, 0) is 18.0 Å². The molecule has 0 atom stereocenters. The number of anilines is 2. The second kappa shape index (κ2) is 11.2. The number of halogens is 4. The van der Waals surface area contributed by atoms with Gasteiger partial charge in [-0.3, -0.25) is 14.5 Å². The van der Waals surface area contributed by atoms with Gasteiger partial charge in [0.2, 0.25) is 12.4 Å². The van der Waals surface area contributed by atoms with E-state index in [-0.39, 0.29) is 39.4 Å². The second-order valence-corrected chi connectivity index (χ2v) is 10.4. The Balaban J connectivity index is 0.00000173. The molecule has 4 aromatic rings. The number of carbonyl (C=O) groups is 1. The van der Waals surface area contributed by atoms with Crippen LogP contribution in [0.2, 0.25) is 5.02 Å². The largest absolute Gasteiger partial charge is 0.450 e.